The molecule has 21 heteroatoms. The van der Waals surface area contributed by atoms with Gasteiger partial charge in [-0.1, -0.05) is 0 Å². The number of carboxylic acid groups (broad SMARTS) is 1. The highest BCUT2D eigenvalue weighted by atomic mass is 32.2. The van der Waals surface area contributed by atoms with E-state index in [1.165, 1.54) is 0 Å². The second kappa shape index (κ2) is 11.6. The maximum atomic E-state index is 13.7. The monoisotopic (exact) mass is 602 g/mol. The zero-order valence-corrected chi connectivity index (χ0v) is 19.7. The molecule has 0 atom stereocenters. The third-order valence-corrected chi connectivity index (χ3v) is 6.26. The van der Waals surface area contributed by atoms with E-state index in [0.717, 1.165) is 0 Å². The van der Waals surface area contributed by atoms with E-state index in [1.807, 2.05) is 0 Å². The Kier molecular flexibility index (Phi) is 11.8. The van der Waals surface area contributed by atoms with E-state index >= 15 is 0 Å². The molecule has 0 aromatic heterocycles. The van der Waals surface area contributed by atoms with Crippen LogP contribution in [0.3, 0.4) is 0 Å². The van der Waals surface area contributed by atoms with Gasteiger partial charge in [-0.2, -0.15) is 57.1 Å². The zero-order chi connectivity index (χ0) is 29.2. The van der Waals surface area contributed by atoms with E-state index in [0.29, 0.717) is 0 Å². The molecule has 0 unspecified atom stereocenters. The highest BCUT2D eigenvalue weighted by Gasteiger charge is 2.90. The lowest BCUT2D eigenvalue weighted by molar-refractivity contribution is -0.889. The van der Waals surface area contributed by atoms with Crippen LogP contribution in [-0.2, 0) is 14.8 Å². The lowest BCUT2D eigenvalue weighted by Crippen LogP contribution is -2.70. The molecule has 0 heterocycles. The fourth-order valence-corrected chi connectivity index (χ4v) is 3.66. The number of alkyl halides is 13. The summed E-state index contributed by atoms with van der Waals surface area (Å²) in [4.78, 5) is 10.5. The first kappa shape index (κ1) is 37.5. The van der Waals surface area contributed by atoms with Gasteiger partial charge in [-0.15, -0.1) is 0 Å². The van der Waals surface area contributed by atoms with Crippen LogP contribution >= 0.6 is 0 Å². The summed E-state index contributed by atoms with van der Waals surface area (Å²) in [6, 6.07) is 0. The Morgan fingerprint density at radius 1 is 0.784 bits per heavy atom. The van der Waals surface area contributed by atoms with Gasteiger partial charge in [-0.05, 0) is 0 Å². The normalized spacial score (nSPS) is 14.9. The highest BCUT2D eigenvalue weighted by Crippen LogP contribution is 2.60. The van der Waals surface area contributed by atoms with Crippen molar-refractivity contribution >= 4 is 16.0 Å². The molecule has 0 radical (unpaired) electrons. The van der Waals surface area contributed by atoms with E-state index in [4.69, 9.17) is 5.11 Å². The molecule has 0 aliphatic rings. The van der Waals surface area contributed by atoms with Crippen molar-refractivity contribution in [3.63, 3.8) is 0 Å². The Hall–Kier alpha value is -1.61. The van der Waals surface area contributed by atoms with Crippen molar-refractivity contribution in [3.05, 3.63) is 0 Å². The van der Waals surface area contributed by atoms with E-state index in [2.05, 4.69) is 0 Å². The molecule has 0 saturated heterocycles. The summed E-state index contributed by atoms with van der Waals surface area (Å²) in [5.74, 6) is -41.2. The number of hydrogen-bond donors (Lipinski definition) is 2. The molecule has 0 amide bonds. The average Bonchev–Trinajstić information content (AvgIpc) is 2.67. The minimum atomic E-state index is -8.05. The molecule has 0 aliphatic carbocycles. The largest absolute Gasteiger partial charge is 0.870 e. The van der Waals surface area contributed by atoms with Crippen molar-refractivity contribution in [3.8, 4) is 0 Å². The van der Waals surface area contributed by atoms with Gasteiger partial charge in [-0.25, -0.2) is 13.1 Å². The summed E-state index contributed by atoms with van der Waals surface area (Å²) in [7, 11) is -1.90. The molecule has 0 fully saturated rings. The molecule has 3 N–H and O–H groups in total. The first-order valence-corrected chi connectivity index (χ1v) is 11.2. The summed E-state index contributed by atoms with van der Waals surface area (Å²) in [5.41, 5.74) is 0. The molecule has 37 heavy (non-hydrogen) atoms. The van der Waals surface area contributed by atoms with Gasteiger partial charge < -0.3 is 15.1 Å². The Morgan fingerprint density at radius 2 is 1.22 bits per heavy atom. The van der Waals surface area contributed by atoms with Gasteiger partial charge in [0.1, 0.15) is 0 Å². The van der Waals surface area contributed by atoms with Gasteiger partial charge >= 0.3 is 41.8 Å². The SMILES string of the molecule is C[N+](C)(CCCNS(=O)(=O)CCC(F)(F)C(F)(F)C(F)(F)C(F)(F)C(F)(F)C(F)(F)F)CCC(=O)O.[OH-]. The fourth-order valence-electron chi connectivity index (χ4n) is 2.54. The smallest absolute Gasteiger partial charge is 0.460 e. The predicted molar refractivity (Wildman–Crippen MR) is 97.8 cm³/mol. The van der Waals surface area contributed by atoms with Crippen LogP contribution in [0.5, 0.6) is 0 Å². The Labute approximate surface area is 201 Å². The third kappa shape index (κ3) is 8.44. The molecule has 224 valence electrons. The van der Waals surface area contributed by atoms with E-state index in [9.17, 15) is 70.3 Å². The van der Waals surface area contributed by atoms with Crippen LogP contribution in [0.1, 0.15) is 19.3 Å². The maximum absolute atomic E-state index is 13.7. The molecule has 0 aliphatic heterocycles. The van der Waals surface area contributed by atoms with Crippen LogP contribution in [0.2, 0.25) is 0 Å². The van der Waals surface area contributed by atoms with Crippen LogP contribution < -0.4 is 4.72 Å². The van der Waals surface area contributed by atoms with Gasteiger partial charge in [-0.3, -0.25) is 4.79 Å². The molecule has 0 bridgehead atoms. The third-order valence-electron chi connectivity index (χ3n) is 4.88. The number of halogens is 13. The first-order chi connectivity index (χ1) is 15.6. The minimum absolute atomic E-state index is 0. The van der Waals surface area contributed by atoms with E-state index in [-0.39, 0.29) is 35.9 Å². The molecule has 0 aromatic rings. The van der Waals surface area contributed by atoms with Crippen LogP contribution in [0.25, 0.3) is 0 Å². The van der Waals surface area contributed by atoms with Gasteiger partial charge in [0.05, 0.1) is 39.4 Å². The summed E-state index contributed by atoms with van der Waals surface area (Å²) in [5, 5.41) is 8.62. The Balaban J connectivity index is 0. The fraction of sp³-hybridized carbons (Fsp3) is 0.938. The summed E-state index contributed by atoms with van der Waals surface area (Å²) < 4.78 is 195. The lowest BCUT2D eigenvalue weighted by Gasteiger charge is -2.39. The summed E-state index contributed by atoms with van der Waals surface area (Å²) in [6.07, 6.45) is -10.7. The van der Waals surface area contributed by atoms with Crippen LogP contribution in [0.15, 0.2) is 0 Å². The zero-order valence-electron chi connectivity index (χ0n) is 18.8. The van der Waals surface area contributed by atoms with Crippen molar-refractivity contribution in [2.75, 3.05) is 39.5 Å². The number of aliphatic carboxylic acids is 1. The number of rotatable bonds is 15. The van der Waals surface area contributed by atoms with Crippen LogP contribution in [0, 0.1) is 0 Å². The number of hydrogen-bond acceptors (Lipinski definition) is 4. The number of nitrogens with one attached hydrogen (secondary N) is 1. The van der Waals surface area contributed by atoms with Crippen molar-refractivity contribution < 1.29 is 85.4 Å². The van der Waals surface area contributed by atoms with Gasteiger partial charge in [0.2, 0.25) is 10.0 Å². The Bertz CT molecular complexity index is 877. The number of nitrogens with zero attached hydrogens (tertiary/aromatic N) is 1. The quantitative estimate of drug-likeness (QED) is 0.168. The number of quaternary nitrogens is 1. The summed E-state index contributed by atoms with van der Waals surface area (Å²) in [6.45, 7) is -0.348. The number of carbonyl (C=O) groups is 1. The van der Waals surface area contributed by atoms with Gasteiger partial charge in [0.15, 0.2) is 0 Å². The average molecular weight is 602 g/mol. The summed E-state index contributed by atoms with van der Waals surface area (Å²) >= 11 is 0. The predicted octanol–water partition coefficient (Wildman–Crippen LogP) is 3.80. The van der Waals surface area contributed by atoms with Crippen molar-refractivity contribution in [2.45, 2.75) is 55.1 Å². The van der Waals surface area contributed by atoms with E-state index in [1.54, 1.807) is 18.8 Å². The second-order valence-electron chi connectivity index (χ2n) is 8.34. The topological polar surface area (TPSA) is 113 Å². The highest BCUT2D eigenvalue weighted by molar-refractivity contribution is 7.89. The molecule has 7 nitrogen and oxygen atoms in total. The second-order valence-corrected chi connectivity index (χ2v) is 10.3. The maximum Gasteiger partial charge on any atom is 0.460 e. The minimum Gasteiger partial charge on any atom is -0.870 e. The molecular weight excluding hydrogens is 579 g/mol. The van der Waals surface area contributed by atoms with Crippen molar-refractivity contribution in [1.29, 1.82) is 0 Å². The first-order valence-electron chi connectivity index (χ1n) is 9.55. The molecular formula is C16H23F13N2O5S. The molecule has 0 spiro atoms. The standard InChI is InChI=1S/C16H21F13N2O4S.H2O/c1-31(2,8-4-10(32)33)7-3-6-30-36(34,35)9-5-11(17,18)12(19,20)13(21,22)14(23,24)15(25,26)16(27,28)29;/h30H,3-9H2,1-2H3;1H2. The van der Waals surface area contributed by atoms with Crippen molar-refractivity contribution in [2.24, 2.45) is 0 Å². The number of carboxylic acids is 1. The van der Waals surface area contributed by atoms with Gasteiger partial charge in [0, 0.05) is 19.4 Å². The van der Waals surface area contributed by atoms with Gasteiger partial charge in [0.25, 0.3) is 0 Å². The number of sulfonamides is 1. The molecule has 0 aromatic carbocycles. The lowest BCUT2D eigenvalue weighted by atomic mass is 9.93. The van der Waals surface area contributed by atoms with Crippen molar-refractivity contribution in [1.82, 2.24) is 4.72 Å². The van der Waals surface area contributed by atoms with Crippen LogP contribution in [-0.4, -0.2) is 105 Å². The molecule has 0 rings (SSSR count). The van der Waals surface area contributed by atoms with E-state index < -0.39 is 70.5 Å². The Morgan fingerprint density at radius 3 is 1.62 bits per heavy atom. The molecule has 0 saturated carbocycles. The van der Waals surface area contributed by atoms with Crippen LogP contribution in [0.4, 0.5) is 57.1 Å².